The van der Waals surface area contributed by atoms with E-state index in [0.717, 1.165) is 24.3 Å². The molecule has 0 aliphatic rings. The minimum absolute atomic E-state index is 0.204. The number of ether oxygens (including phenoxy) is 1. The Kier molecular flexibility index (Phi) is 5.23. The monoisotopic (exact) mass is 284 g/mol. The summed E-state index contributed by atoms with van der Waals surface area (Å²) in [5.74, 6) is 0.869. The summed E-state index contributed by atoms with van der Waals surface area (Å²) in [7, 11) is 3.76. The molecule has 21 heavy (non-hydrogen) atoms. The van der Waals surface area contributed by atoms with E-state index in [1.54, 1.807) is 7.11 Å². The van der Waals surface area contributed by atoms with E-state index in [4.69, 9.17) is 10.5 Å². The van der Waals surface area contributed by atoms with Gasteiger partial charge in [0.15, 0.2) is 0 Å². The van der Waals surface area contributed by atoms with Crippen molar-refractivity contribution >= 4 is 11.4 Å². The maximum Gasteiger partial charge on any atom is 0.119 e. The molecule has 112 valence electrons. The van der Waals surface area contributed by atoms with Crippen LogP contribution in [-0.4, -0.2) is 20.2 Å². The molecule has 1 unspecified atom stereocenters. The molecule has 0 aromatic heterocycles. The fraction of sp³-hybridized carbons (Fsp3) is 0.333. The number of para-hydroxylation sites is 1. The molecule has 1 atom stereocenters. The molecule has 0 radical (unpaired) electrons. The Morgan fingerprint density at radius 3 is 2.38 bits per heavy atom. The highest BCUT2D eigenvalue weighted by molar-refractivity contribution is 5.66. The number of anilines is 2. The molecule has 2 aromatic carbocycles. The molecular weight excluding hydrogens is 260 g/mol. The summed E-state index contributed by atoms with van der Waals surface area (Å²) in [6.07, 6.45) is 1.88. The van der Waals surface area contributed by atoms with Crippen molar-refractivity contribution in [2.45, 2.75) is 25.8 Å². The van der Waals surface area contributed by atoms with Crippen molar-refractivity contribution in [3.05, 3.63) is 54.1 Å². The zero-order valence-corrected chi connectivity index (χ0v) is 13.0. The van der Waals surface area contributed by atoms with E-state index < -0.39 is 0 Å². The second-order valence-electron chi connectivity index (χ2n) is 5.26. The first kappa shape index (κ1) is 15.4. The lowest BCUT2D eigenvalue weighted by molar-refractivity contribution is 0.415. The van der Waals surface area contributed by atoms with Gasteiger partial charge in [-0.05, 0) is 48.7 Å². The number of nitrogens with zero attached hydrogens (tertiary/aromatic N) is 1. The Morgan fingerprint density at radius 1 is 1.10 bits per heavy atom. The first-order valence-electron chi connectivity index (χ1n) is 7.37. The van der Waals surface area contributed by atoms with Crippen LogP contribution < -0.4 is 15.4 Å². The van der Waals surface area contributed by atoms with E-state index in [2.05, 4.69) is 55.3 Å². The largest absolute Gasteiger partial charge is 0.497 e. The quantitative estimate of drug-likeness (QED) is 0.878. The molecule has 0 heterocycles. The maximum absolute atomic E-state index is 6.12. The minimum atomic E-state index is 0.204. The summed E-state index contributed by atoms with van der Waals surface area (Å²) in [4.78, 5) is 2.19. The molecule has 0 saturated heterocycles. The van der Waals surface area contributed by atoms with Crippen LogP contribution in [0.15, 0.2) is 48.5 Å². The third-order valence-corrected chi connectivity index (χ3v) is 3.82. The molecule has 0 aliphatic carbocycles. The molecule has 0 fully saturated rings. The molecule has 2 rings (SSSR count). The molecule has 2 aromatic rings. The molecule has 3 heteroatoms. The molecule has 3 nitrogen and oxygen atoms in total. The summed E-state index contributed by atoms with van der Waals surface area (Å²) >= 11 is 0. The zero-order valence-electron chi connectivity index (χ0n) is 13.0. The van der Waals surface area contributed by atoms with Crippen LogP contribution >= 0.6 is 0 Å². The van der Waals surface area contributed by atoms with Crippen LogP contribution in [0.5, 0.6) is 5.75 Å². The average Bonchev–Trinajstić information content (AvgIpc) is 2.54. The van der Waals surface area contributed by atoms with E-state index in [1.165, 1.54) is 11.3 Å². The second-order valence-corrected chi connectivity index (χ2v) is 5.26. The van der Waals surface area contributed by atoms with Gasteiger partial charge in [-0.25, -0.2) is 0 Å². The van der Waals surface area contributed by atoms with E-state index in [0.29, 0.717) is 0 Å². The van der Waals surface area contributed by atoms with Gasteiger partial charge in [0.2, 0.25) is 0 Å². The van der Waals surface area contributed by atoms with Crippen molar-refractivity contribution in [3.8, 4) is 5.75 Å². The third kappa shape index (κ3) is 3.76. The van der Waals surface area contributed by atoms with Gasteiger partial charge in [-0.15, -0.1) is 0 Å². The van der Waals surface area contributed by atoms with Gasteiger partial charge in [0.1, 0.15) is 5.75 Å². The Balaban J connectivity index is 2.27. The number of nitrogens with two attached hydrogens (primary N) is 1. The second kappa shape index (κ2) is 7.14. The summed E-state index contributed by atoms with van der Waals surface area (Å²) in [5, 5.41) is 0. The van der Waals surface area contributed by atoms with Gasteiger partial charge in [-0.1, -0.05) is 25.1 Å². The molecule has 0 aliphatic heterocycles. The van der Waals surface area contributed by atoms with Crippen LogP contribution in [0.3, 0.4) is 0 Å². The maximum atomic E-state index is 6.12. The van der Waals surface area contributed by atoms with Crippen LogP contribution in [0.4, 0.5) is 11.4 Å². The highest BCUT2D eigenvalue weighted by Crippen LogP contribution is 2.29. The van der Waals surface area contributed by atoms with E-state index in [1.807, 2.05) is 12.1 Å². The van der Waals surface area contributed by atoms with E-state index >= 15 is 0 Å². The van der Waals surface area contributed by atoms with Crippen LogP contribution in [0.25, 0.3) is 0 Å². The summed E-state index contributed by atoms with van der Waals surface area (Å²) in [5.41, 5.74) is 9.73. The number of benzene rings is 2. The van der Waals surface area contributed by atoms with Crippen LogP contribution in [-0.2, 0) is 6.42 Å². The first-order valence-corrected chi connectivity index (χ1v) is 7.37. The van der Waals surface area contributed by atoms with Gasteiger partial charge in [0.05, 0.1) is 7.11 Å². The van der Waals surface area contributed by atoms with Gasteiger partial charge in [0.25, 0.3) is 0 Å². The van der Waals surface area contributed by atoms with Gasteiger partial charge < -0.3 is 15.4 Å². The molecule has 0 amide bonds. The van der Waals surface area contributed by atoms with Crippen molar-refractivity contribution in [3.63, 3.8) is 0 Å². The topological polar surface area (TPSA) is 38.5 Å². The first-order chi connectivity index (χ1) is 10.2. The lowest BCUT2D eigenvalue weighted by atomic mass is 10.0. The summed E-state index contributed by atoms with van der Waals surface area (Å²) < 4.78 is 5.21. The van der Waals surface area contributed by atoms with E-state index in [9.17, 15) is 0 Å². The molecule has 0 saturated carbocycles. The molecule has 2 N–H and O–H groups in total. The molecule has 0 bridgehead atoms. The fourth-order valence-electron chi connectivity index (χ4n) is 2.38. The Labute approximate surface area is 127 Å². The SMILES string of the molecule is CCC(N)Cc1ccccc1N(C)c1ccc(OC)cc1. The lowest BCUT2D eigenvalue weighted by Crippen LogP contribution is -2.23. The average molecular weight is 284 g/mol. The number of hydrogen-bond acceptors (Lipinski definition) is 3. The third-order valence-electron chi connectivity index (χ3n) is 3.82. The number of hydrogen-bond donors (Lipinski definition) is 1. The Morgan fingerprint density at radius 2 is 1.76 bits per heavy atom. The van der Waals surface area contributed by atoms with Crippen molar-refractivity contribution in [2.24, 2.45) is 5.73 Å². The Hall–Kier alpha value is -2.00. The fourth-order valence-corrected chi connectivity index (χ4v) is 2.38. The smallest absolute Gasteiger partial charge is 0.119 e. The normalized spacial score (nSPS) is 12.0. The van der Waals surface area contributed by atoms with Gasteiger partial charge in [0, 0.05) is 24.5 Å². The minimum Gasteiger partial charge on any atom is -0.497 e. The summed E-state index contributed by atoms with van der Waals surface area (Å²) in [6, 6.07) is 16.7. The zero-order chi connectivity index (χ0) is 15.2. The predicted molar refractivity (Wildman–Crippen MR) is 89.5 cm³/mol. The highest BCUT2D eigenvalue weighted by atomic mass is 16.5. The van der Waals surface area contributed by atoms with Crippen molar-refractivity contribution in [1.82, 2.24) is 0 Å². The van der Waals surface area contributed by atoms with Gasteiger partial charge >= 0.3 is 0 Å². The number of rotatable bonds is 6. The van der Waals surface area contributed by atoms with Crippen molar-refractivity contribution in [2.75, 3.05) is 19.1 Å². The number of methoxy groups -OCH3 is 1. The van der Waals surface area contributed by atoms with E-state index in [-0.39, 0.29) is 6.04 Å². The highest BCUT2D eigenvalue weighted by Gasteiger charge is 2.11. The van der Waals surface area contributed by atoms with Crippen LogP contribution in [0.1, 0.15) is 18.9 Å². The van der Waals surface area contributed by atoms with Crippen molar-refractivity contribution in [1.29, 1.82) is 0 Å². The lowest BCUT2D eigenvalue weighted by Gasteiger charge is -2.24. The van der Waals surface area contributed by atoms with Crippen LogP contribution in [0, 0.1) is 0 Å². The van der Waals surface area contributed by atoms with Crippen LogP contribution in [0.2, 0.25) is 0 Å². The molecular formula is C18H24N2O. The Bertz CT molecular complexity index is 566. The standard InChI is InChI=1S/C18H24N2O/c1-4-15(19)13-14-7-5-6-8-18(14)20(2)16-9-11-17(21-3)12-10-16/h5-12,15H,4,13,19H2,1-3H3. The van der Waals surface area contributed by atoms with Crippen molar-refractivity contribution < 1.29 is 4.74 Å². The summed E-state index contributed by atoms with van der Waals surface area (Å²) in [6.45, 7) is 2.13. The molecule has 0 spiro atoms. The van der Waals surface area contributed by atoms with Gasteiger partial charge in [-0.2, -0.15) is 0 Å². The van der Waals surface area contributed by atoms with Gasteiger partial charge in [-0.3, -0.25) is 0 Å². The predicted octanol–water partition coefficient (Wildman–Crippen LogP) is 3.74.